The van der Waals surface area contributed by atoms with Crippen LogP contribution in [0.15, 0.2) is 65.2 Å². The predicted molar refractivity (Wildman–Crippen MR) is 111 cm³/mol. The van der Waals surface area contributed by atoms with Gasteiger partial charge in [0, 0.05) is 31.5 Å². The van der Waals surface area contributed by atoms with E-state index in [1.165, 1.54) is 5.56 Å². The first-order chi connectivity index (χ1) is 13.6. The van der Waals surface area contributed by atoms with Gasteiger partial charge in [-0.3, -0.25) is 4.79 Å². The highest BCUT2D eigenvalue weighted by Gasteiger charge is 2.09. The summed E-state index contributed by atoms with van der Waals surface area (Å²) in [6.07, 6.45) is 2.55. The molecule has 0 saturated carbocycles. The number of aryl methyl sites for hydroxylation is 1. The Hall–Kier alpha value is -2.92. The molecule has 0 bridgehead atoms. The fourth-order valence-electron chi connectivity index (χ4n) is 2.93. The first-order valence-electron chi connectivity index (χ1n) is 9.67. The molecule has 3 rings (SSSR count). The van der Waals surface area contributed by atoms with Gasteiger partial charge in [0.15, 0.2) is 11.7 Å². The van der Waals surface area contributed by atoms with E-state index in [-0.39, 0.29) is 5.91 Å². The van der Waals surface area contributed by atoms with Crippen molar-refractivity contribution in [2.24, 2.45) is 0 Å². The third kappa shape index (κ3) is 5.79. The summed E-state index contributed by atoms with van der Waals surface area (Å²) in [7, 11) is 2.10. The Morgan fingerprint density at radius 3 is 2.68 bits per heavy atom. The van der Waals surface area contributed by atoms with Gasteiger partial charge in [0.2, 0.25) is 5.91 Å². The van der Waals surface area contributed by atoms with Crippen molar-refractivity contribution >= 4 is 5.91 Å². The lowest BCUT2D eigenvalue weighted by atomic mass is 10.1. The lowest BCUT2D eigenvalue weighted by Gasteiger charge is -2.14. The first kappa shape index (κ1) is 19.8. The van der Waals surface area contributed by atoms with E-state index in [0.29, 0.717) is 25.3 Å². The monoisotopic (exact) mass is 377 g/mol. The molecule has 3 aromatic rings. The molecule has 0 aliphatic rings. The Bertz CT molecular complexity index is 890. The molecule has 1 N–H and O–H groups in total. The molecule has 0 fully saturated rings. The van der Waals surface area contributed by atoms with Crippen molar-refractivity contribution in [1.29, 1.82) is 0 Å². The summed E-state index contributed by atoms with van der Waals surface area (Å²) in [5.41, 5.74) is 3.35. The molecule has 0 saturated heterocycles. The number of rotatable bonds is 9. The molecule has 1 amide bonds. The number of hydrogen-bond acceptors (Lipinski definition) is 4. The first-order valence-corrected chi connectivity index (χ1v) is 9.67. The molecule has 0 atom stereocenters. The number of aromatic nitrogens is 1. The van der Waals surface area contributed by atoms with Gasteiger partial charge in [0.05, 0.1) is 6.20 Å². The molecule has 1 heterocycles. The van der Waals surface area contributed by atoms with Crippen LogP contribution in [0.2, 0.25) is 0 Å². The number of nitrogens with zero attached hydrogens (tertiary/aromatic N) is 2. The van der Waals surface area contributed by atoms with Gasteiger partial charge in [0.1, 0.15) is 0 Å². The van der Waals surface area contributed by atoms with Crippen LogP contribution in [-0.2, 0) is 24.3 Å². The van der Waals surface area contributed by atoms with Crippen LogP contribution in [0, 0.1) is 0 Å². The summed E-state index contributed by atoms with van der Waals surface area (Å²) in [6, 6.07) is 18.2. The Morgan fingerprint density at radius 2 is 1.89 bits per heavy atom. The number of amides is 1. The second-order valence-electron chi connectivity index (χ2n) is 6.91. The van der Waals surface area contributed by atoms with E-state index in [4.69, 9.17) is 4.42 Å². The average Bonchev–Trinajstić information content (AvgIpc) is 3.21. The smallest absolute Gasteiger partial charge is 0.220 e. The molecule has 5 heteroatoms. The molecular formula is C23H27N3O2. The fraction of sp³-hybridized carbons (Fsp3) is 0.304. The Morgan fingerprint density at radius 1 is 1.11 bits per heavy atom. The van der Waals surface area contributed by atoms with E-state index in [0.717, 1.165) is 30.0 Å². The van der Waals surface area contributed by atoms with Crippen molar-refractivity contribution in [3.63, 3.8) is 0 Å². The van der Waals surface area contributed by atoms with E-state index in [1.807, 2.05) is 42.5 Å². The largest absolute Gasteiger partial charge is 0.441 e. The second-order valence-corrected chi connectivity index (χ2v) is 6.91. The topological polar surface area (TPSA) is 58.4 Å². The standard InChI is InChI=1S/C23H27N3O2/c1-3-26(2)17-19-9-7-8-18(14-19)15-24-22(27)12-13-23-25-16-21(28-23)20-10-5-4-6-11-20/h4-11,14,16H,3,12-13,15,17H2,1-2H3,(H,24,27). The summed E-state index contributed by atoms with van der Waals surface area (Å²) >= 11 is 0. The van der Waals surface area contributed by atoms with Crippen molar-refractivity contribution in [2.45, 2.75) is 32.9 Å². The van der Waals surface area contributed by atoms with E-state index >= 15 is 0 Å². The quantitative estimate of drug-likeness (QED) is 0.611. The molecule has 146 valence electrons. The van der Waals surface area contributed by atoms with Gasteiger partial charge in [-0.15, -0.1) is 0 Å². The summed E-state index contributed by atoms with van der Waals surface area (Å²) in [5, 5.41) is 2.98. The van der Waals surface area contributed by atoms with E-state index in [9.17, 15) is 4.79 Å². The molecule has 0 spiro atoms. The van der Waals surface area contributed by atoms with Crippen molar-refractivity contribution in [2.75, 3.05) is 13.6 Å². The minimum absolute atomic E-state index is 0.00413. The molecule has 0 unspecified atom stereocenters. The second kappa shape index (κ2) is 9.85. The fourth-order valence-corrected chi connectivity index (χ4v) is 2.93. The molecule has 0 radical (unpaired) electrons. The Kier molecular flexibility index (Phi) is 6.98. The number of benzene rings is 2. The lowest BCUT2D eigenvalue weighted by Crippen LogP contribution is -2.23. The van der Waals surface area contributed by atoms with Gasteiger partial charge < -0.3 is 14.6 Å². The van der Waals surface area contributed by atoms with Gasteiger partial charge in [-0.2, -0.15) is 0 Å². The minimum atomic E-state index is -0.00413. The molecule has 5 nitrogen and oxygen atoms in total. The van der Waals surface area contributed by atoms with E-state index in [2.05, 4.69) is 41.3 Å². The molecular weight excluding hydrogens is 350 g/mol. The van der Waals surface area contributed by atoms with Crippen LogP contribution in [0.1, 0.15) is 30.4 Å². The van der Waals surface area contributed by atoms with E-state index < -0.39 is 0 Å². The zero-order valence-corrected chi connectivity index (χ0v) is 16.5. The van der Waals surface area contributed by atoms with Crippen LogP contribution in [0.4, 0.5) is 0 Å². The maximum absolute atomic E-state index is 12.2. The number of hydrogen-bond donors (Lipinski definition) is 1. The highest BCUT2D eigenvalue weighted by atomic mass is 16.4. The Labute approximate surface area is 166 Å². The highest BCUT2D eigenvalue weighted by Crippen LogP contribution is 2.20. The van der Waals surface area contributed by atoms with Gasteiger partial charge in [-0.1, -0.05) is 61.5 Å². The maximum Gasteiger partial charge on any atom is 0.220 e. The third-order valence-corrected chi connectivity index (χ3v) is 4.65. The predicted octanol–water partition coefficient (Wildman–Crippen LogP) is 4.04. The van der Waals surface area contributed by atoms with E-state index in [1.54, 1.807) is 6.20 Å². The van der Waals surface area contributed by atoms with Crippen LogP contribution in [0.5, 0.6) is 0 Å². The van der Waals surface area contributed by atoms with Gasteiger partial charge in [-0.25, -0.2) is 4.98 Å². The number of carbonyl (C=O) groups is 1. The van der Waals surface area contributed by atoms with Crippen molar-refractivity contribution in [3.05, 3.63) is 77.8 Å². The van der Waals surface area contributed by atoms with Crippen LogP contribution < -0.4 is 5.32 Å². The highest BCUT2D eigenvalue weighted by molar-refractivity contribution is 5.76. The van der Waals surface area contributed by atoms with Gasteiger partial charge in [-0.05, 0) is 24.7 Å². The maximum atomic E-state index is 12.2. The van der Waals surface area contributed by atoms with Crippen molar-refractivity contribution in [3.8, 4) is 11.3 Å². The summed E-state index contributed by atoms with van der Waals surface area (Å²) in [6.45, 7) is 4.59. The SMILES string of the molecule is CCN(C)Cc1cccc(CNC(=O)CCc2ncc(-c3ccccc3)o2)c1. The molecule has 28 heavy (non-hydrogen) atoms. The van der Waals surface area contributed by atoms with Crippen LogP contribution in [0.25, 0.3) is 11.3 Å². The van der Waals surface area contributed by atoms with Crippen LogP contribution >= 0.6 is 0 Å². The normalized spacial score (nSPS) is 11.0. The van der Waals surface area contributed by atoms with Crippen LogP contribution in [-0.4, -0.2) is 29.4 Å². The van der Waals surface area contributed by atoms with Crippen molar-refractivity contribution < 1.29 is 9.21 Å². The lowest BCUT2D eigenvalue weighted by molar-refractivity contribution is -0.121. The summed E-state index contributed by atoms with van der Waals surface area (Å²) in [5.74, 6) is 1.30. The van der Waals surface area contributed by atoms with Crippen molar-refractivity contribution in [1.82, 2.24) is 15.2 Å². The third-order valence-electron chi connectivity index (χ3n) is 4.65. The Balaban J connectivity index is 1.46. The minimum Gasteiger partial charge on any atom is -0.441 e. The molecule has 0 aliphatic carbocycles. The molecule has 1 aromatic heterocycles. The number of oxazole rings is 1. The van der Waals surface area contributed by atoms with Crippen LogP contribution in [0.3, 0.4) is 0 Å². The number of carbonyl (C=O) groups excluding carboxylic acids is 1. The zero-order chi connectivity index (χ0) is 19.8. The van der Waals surface area contributed by atoms with Gasteiger partial charge >= 0.3 is 0 Å². The molecule has 2 aromatic carbocycles. The zero-order valence-electron chi connectivity index (χ0n) is 16.5. The molecule has 0 aliphatic heterocycles. The number of nitrogens with one attached hydrogen (secondary N) is 1. The average molecular weight is 377 g/mol. The summed E-state index contributed by atoms with van der Waals surface area (Å²) in [4.78, 5) is 18.7. The van der Waals surface area contributed by atoms with Gasteiger partial charge in [0.25, 0.3) is 0 Å². The summed E-state index contributed by atoms with van der Waals surface area (Å²) < 4.78 is 5.75.